The van der Waals surface area contributed by atoms with E-state index in [1.807, 2.05) is 4.68 Å². The maximum absolute atomic E-state index is 4.43. The molecule has 0 fully saturated rings. The van der Waals surface area contributed by atoms with Crippen molar-refractivity contribution in [3.63, 3.8) is 0 Å². The van der Waals surface area contributed by atoms with Gasteiger partial charge in [-0.3, -0.25) is 0 Å². The van der Waals surface area contributed by atoms with E-state index >= 15 is 0 Å². The fraction of sp³-hybridized carbons (Fsp3) is 0.333. The van der Waals surface area contributed by atoms with E-state index in [1.165, 1.54) is 22.0 Å². The molecule has 0 bridgehead atoms. The van der Waals surface area contributed by atoms with Crippen LogP contribution in [0.3, 0.4) is 0 Å². The van der Waals surface area contributed by atoms with Crippen molar-refractivity contribution >= 4 is 10.9 Å². The molecule has 4 nitrogen and oxygen atoms in total. The normalized spacial score (nSPS) is 11.4. The van der Waals surface area contributed by atoms with Gasteiger partial charge in [0.25, 0.3) is 0 Å². The highest BCUT2D eigenvalue weighted by Crippen LogP contribution is 2.32. The van der Waals surface area contributed by atoms with Gasteiger partial charge in [0.2, 0.25) is 0 Å². The quantitative estimate of drug-likeness (QED) is 0.704. The number of rotatable bonds is 2. The number of fused-ring (bicyclic) bond motifs is 1. The van der Waals surface area contributed by atoms with Crippen molar-refractivity contribution in [3.8, 4) is 11.5 Å². The van der Waals surface area contributed by atoms with Crippen LogP contribution in [0.5, 0.6) is 0 Å². The molecule has 4 heteroatoms. The van der Waals surface area contributed by atoms with Crippen molar-refractivity contribution in [3.05, 3.63) is 35.7 Å². The third-order valence-electron chi connectivity index (χ3n) is 3.79. The first-order valence-electron chi connectivity index (χ1n) is 6.58. The zero-order valence-electron chi connectivity index (χ0n) is 11.8. The molecule has 0 aliphatic carbocycles. The number of aryl methyl sites for hydroxylation is 4. The van der Waals surface area contributed by atoms with E-state index in [1.54, 1.807) is 6.33 Å². The summed E-state index contributed by atoms with van der Waals surface area (Å²) in [6.45, 7) is 7.22. The molecule has 0 unspecified atom stereocenters. The van der Waals surface area contributed by atoms with Crippen LogP contribution in [0, 0.1) is 13.8 Å². The van der Waals surface area contributed by atoms with E-state index < -0.39 is 0 Å². The van der Waals surface area contributed by atoms with Crippen LogP contribution in [-0.2, 0) is 13.6 Å². The summed E-state index contributed by atoms with van der Waals surface area (Å²) in [6, 6.07) is 6.43. The highest BCUT2D eigenvalue weighted by molar-refractivity contribution is 5.92. The minimum Gasteiger partial charge on any atom is -0.341 e. The van der Waals surface area contributed by atoms with Crippen molar-refractivity contribution in [1.82, 2.24) is 19.3 Å². The highest BCUT2D eigenvalue weighted by atomic mass is 15.3. The minimum absolute atomic E-state index is 0.829. The van der Waals surface area contributed by atoms with Gasteiger partial charge in [-0.15, -0.1) is 0 Å². The predicted molar refractivity (Wildman–Crippen MR) is 77.1 cm³/mol. The Morgan fingerprint density at radius 1 is 1.21 bits per heavy atom. The van der Waals surface area contributed by atoms with Crippen LogP contribution >= 0.6 is 0 Å². The van der Waals surface area contributed by atoms with Gasteiger partial charge in [0, 0.05) is 19.0 Å². The smallest absolute Gasteiger partial charge is 0.175 e. The Hall–Kier alpha value is -2.10. The summed E-state index contributed by atoms with van der Waals surface area (Å²) in [5.41, 5.74) is 4.99. The Bertz CT molecular complexity index is 749. The van der Waals surface area contributed by atoms with Crippen molar-refractivity contribution in [2.75, 3.05) is 0 Å². The molecule has 0 aliphatic heterocycles. The average molecular weight is 254 g/mol. The Kier molecular flexibility index (Phi) is 2.66. The number of hydrogen-bond acceptors (Lipinski definition) is 2. The third-order valence-corrected chi connectivity index (χ3v) is 3.79. The molecular formula is C15H18N4. The molecule has 2 heterocycles. The van der Waals surface area contributed by atoms with Gasteiger partial charge in [-0.25, -0.2) is 9.67 Å². The van der Waals surface area contributed by atoms with Gasteiger partial charge in [-0.05, 0) is 31.9 Å². The molecule has 0 N–H and O–H groups in total. The van der Waals surface area contributed by atoms with Gasteiger partial charge >= 0.3 is 0 Å². The summed E-state index contributed by atoms with van der Waals surface area (Å²) in [6.07, 6.45) is 1.63. The zero-order valence-corrected chi connectivity index (χ0v) is 11.8. The second kappa shape index (κ2) is 4.23. The molecule has 2 aromatic heterocycles. The first kappa shape index (κ1) is 12.0. The Balaban J connectivity index is 2.40. The maximum atomic E-state index is 4.43. The zero-order chi connectivity index (χ0) is 13.6. The SMILES string of the molecule is CCn1ncnc1-c1c(C)c2cccc(C)c2n1C. The monoisotopic (exact) mass is 254 g/mol. The van der Waals surface area contributed by atoms with Crippen molar-refractivity contribution in [1.29, 1.82) is 0 Å². The van der Waals surface area contributed by atoms with Crippen LogP contribution in [0.15, 0.2) is 24.5 Å². The molecule has 0 saturated carbocycles. The largest absolute Gasteiger partial charge is 0.341 e. The van der Waals surface area contributed by atoms with E-state index in [0.29, 0.717) is 0 Å². The molecule has 0 atom stereocenters. The molecule has 98 valence electrons. The Morgan fingerprint density at radius 2 is 2.00 bits per heavy atom. The van der Waals surface area contributed by atoms with Gasteiger partial charge in [0.1, 0.15) is 6.33 Å². The van der Waals surface area contributed by atoms with E-state index in [4.69, 9.17) is 0 Å². The molecule has 1 aromatic carbocycles. The summed E-state index contributed by atoms with van der Waals surface area (Å²) < 4.78 is 4.17. The summed E-state index contributed by atoms with van der Waals surface area (Å²) in [7, 11) is 2.10. The molecule has 19 heavy (non-hydrogen) atoms. The van der Waals surface area contributed by atoms with Gasteiger partial charge in [-0.1, -0.05) is 18.2 Å². The lowest BCUT2D eigenvalue weighted by Gasteiger charge is -2.07. The minimum atomic E-state index is 0.829. The molecule has 0 amide bonds. The fourth-order valence-electron chi connectivity index (χ4n) is 2.89. The molecule has 3 rings (SSSR count). The van der Waals surface area contributed by atoms with Crippen LogP contribution in [-0.4, -0.2) is 19.3 Å². The Labute approximate surface area is 112 Å². The van der Waals surface area contributed by atoms with Crippen LogP contribution < -0.4 is 0 Å². The lowest BCUT2D eigenvalue weighted by atomic mass is 10.1. The summed E-state index contributed by atoms with van der Waals surface area (Å²) in [5.74, 6) is 0.943. The van der Waals surface area contributed by atoms with Crippen molar-refractivity contribution in [2.24, 2.45) is 7.05 Å². The number of nitrogens with zero attached hydrogens (tertiary/aromatic N) is 4. The lowest BCUT2D eigenvalue weighted by Crippen LogP contribution is -2.03. The maximum Gasteiger partial charge on any atom is 0.175 e. The topological polar surface area (TPSA) is 35.6 Å². The van der Waals surface area contributed by atoms with Crippen LogP contribution in [0.4, 0.5) is 0 Å². The second-order valence-electron chi connectivity index (χ2n) is 4.90. The van der Waals surface area contributed by atoms with Gasteiger partial charge in [-0.2, -0.15) is 5.10 Å². The number of benzene rings is 1. The molecule has 0 radical (unpaired) electrons. The number of para-hydroxylation sites is 1. The third kappa shape index (κ3) is 1.59. The van der Waals surface area contributed by atoms with E-state index in [-0.39, 0.29) is 0 Å². The standard InChI is InChI=1S/C15H18N4/c1-5-19-15(16-9-17-19)14-11(3)12-8-6-7-10(2)13(12)18(14)4/h6-9H,5H2,1-4H3. The molecule has 3 aromatic rings. The number of hydrogen-bond donors (Lipinski definition) is 0. The predicted octanol–water partition coefficient (Wildman–Crippen LogP) is 3.07. The first-order valence-corrected chi connectivity index (χ1v) is 6.58. The van der Waals surface area contributed by atoms with E-state index in [0.717, 1.165) is 18.1 Å². The molecule has 0 saturated heterocycles. The molecule has 0 aliphatic rings. The molecule has 0 spiro atoms. The summed E-state index contributed by atoms with van der Waals surface area (Å²) in [4.78, 5) is 4.43. The van der Waals surface area contributed by atoms with E-state index in [9.17, 15) is 0 Å². The van der Waals surface area contributed by atoms with Crippen LogP contribution in [0.1, 0.15) is 18.1 Å². The average Bonchev–Trinajstić information content (AvgIpc) is 2.94. The van der Waals surface area contributed by atoms with E-state index in [2.05, 4.69) is 60.7 Å². The highest BCUT2D eigenvalue weighted by Gasteiger charge is 2.18. The van der Waals surface area contributed by atoms with Crippen LogP contribution in [0.25, 0.3) is 22.4 Å². The van der Waals surface area contributed by atoms with Crippen molar-refractivity contribution in [2.45, 2.75) is 27.3 Å². The summed E-state index contributed by atoms with van der Waals surface area (Å²) in [5, 5.41) is 5.57. The van der Waals surface area contributed by atoms with Crippen LogP contribution in [0.2, 0.25) is 0 Å². The number of aromatic nitrogens is 4. The van der Waals surface area contributed by atoms with Gasteiger partial charge in [0.15, 0.2) is 5.82 Å². The second-order valence-corrected chi connectivity index (χ2v) is 4.90. The Morgan fingerprint density at radius 3 is 2.68 bits per heavy atom. The fourth-order valence-corrected chi connectivity index (χ4v) is 2.89. The summed E-state index contributed by atoms with van der Waals surface area (Å²) >= 11 is 0. The molecular weight excluding hydrogens is 236 g/mol. The van der Waals surface area contributed by atoms with Gasteiger partial charge < -0.3 is 4.57 Å². The lowest BCUT2D eigenvalue weighted by molar-refractivity contribution is 0.661. The van der Waals surface area contributed by atoms with Gasteiger partial charge in [0.05, 0.1) is 11.2 Å². The first-order chi connectivity index (χ1) is 9.15. The van der Waals surface area contributed by atoms with Crippen molar-refractivity contribution < 1.29 is 0 Å².